The number of halogens is 1. The Morgan fingerprint density at radius 2 is 1.92 bits per heavy atom. The lowest BCUT2D eigenvalue weighted by molar-refractivity contribution is 0.281. The molecule has 7 heteroatoms. The minimum absolute atomic E-state index is 0.492. The van der Waals surface area contributed by atoms with E-state index in [1.807, 2.05) is 38.4 Å². The van der Waals surface area contributed by atoms with Gasteiger partial charge in [-0.2, -0.15) is 0 Å². The average Bonchev–Trinajstić information content (AvgIpc) is 2.89. The van der Waals surface area contributed by atoms with E-state index in [1.54, 1.807) is 18.2 Å². The smallest absolute Gasteiger partial charge is 0.119 e. The molecule has 0 saturated carbocycles. The summed E-state index contributed by atoms with van der Waals surface area (Å²) < 4.78 is 5.70. The molecular weight excluding hydrogens is 328 g/mol. The van der Waals surface area contributed by atoms with Crippen molar-refractivity contribution in [2.24, 2.45) is 0 Å². The molecule has 24 heavy (non-hydrogen) atoms. The third-order valence-electron chi connectivity index (χ3n) is 3.67. The van der Waals surface area contributed by atoms with Crippen molar-refractivity contribution in [3.63, 3.8) is 0 Å². The maximum absolute atomic E-state index is 12.4. The Kier molecular flexibility index (Phi) is 4.99. The summed E-state index contributed by atoms with van der Waals surface area (Å²) >= 11 is 5.95. The Balaban J connectivity index is 1.62. The average molecular weight is 348 g/mol. The van der Waals surface area contributed by atoms with Crippen LogP contribution >= 0.6 is 11.6 Å². The summed E-state index contributed by atoms with van der Waals surface area (Å²) in [6.07, 6.45) is 0.965. The van der Waals surface area contributed by atoms with Gasteiger partial charge in [0.1, 0.15) is 5.75 Å². The summed E-state index contributed by atoms with van der Waals surface area (Å²) in [5.74, 6) is 0.787. The van der Waals surface area contributed by atoms with Crippen LogP contribution in [0.15, 0.2) is 42.5 Å². The van der Waals surface area contributed by atoms with Crippen LogP contribution in [0.5, 0.6) is 5.75 Å². The Morgan fingerprint density at radius 1 is 1.17 bits per heavy atom. The molecule has 1 aliphatic rings. The van der Waals surface area contributed by atoms with Gasteiger partial charge in [0.25, 0.3) is 0 Å². The fourth-order valence-electron chi connectivity index (χ4n) is 2.45. The van der Waals surface area contributed by atoms with Gasteiger partial charge in [-0.05, 0) is 63.0 Å². The first-order valence-corrected chi connectivity index (χ1v) is 8.13. The van der Waals surface area contributed by atoms with Crippen molar-refractivity contribution >= 4 is 28.7 Å². The van der Waals surface area contributed by atoms with Crippen LogP contribution in [0, 0.1) is 5.21 Å². The van der Waals surface area contributed by atoms with E-state index < -0.39 is 0 Å². The fourth-order valence-corrected chi connectivity index (χ4v) is 2.61. The predicted molar refractivity (Wildman–Crippen MR) is 98.5 cm³/mol. The summed E-state index contributed by atoms with van der Waals surface area (Å²) in [5.41, 5.74) is 4.99. The van der Waals surface area contributed by atoms with E-state index in [2.05, 4.69) is 10.3 Å². The van der Waals surface area contributed by atoms with Crippen molar-refractivity contribution in [3.05, 3.63) is 52.7 Å². The molecule has 2 aromatic carbocycles. The quantitative estimate of drug-likeness (QED) is 0.803. The van der Waals surface area contributed by atoms with E-state index in [1.165, 1.54) is 5.12 Å². The molecule has 0 unspecified atom stereocenters. The second-order valence-electron chi connectivity index (χ2n) is 5.86. The Hall–Kier alpha value is -2.15. The Labute approximate surface area is 146 Å². The van der Waals surface area contributed by atoms with Gasteiger partial charge in [0.15, 0.2) is 0 Å². The lowest BCUT2D eigenvalue weighted by Gasteiger charge is -2.35. The third-order valence-corrected chi connectivity index (χ3v) is 3.91. The topological polar surface area (TPSA) is 54.0 Å². The van der Waals surface area contributed by atoms with Crippen LogP contribution in [-0.4, -0.2) is 32.1 Å². The van der Waals surface area contributed by atoms with E-state index >= 15 is 0 Å². The van der Waals surface area contributed by atoms with Crippen LogP contribution in [-0.2, 0) is 0 Å². The van der Waals surface area contributed by atoms with E-state index in [9.17, 15) is 5.21 Å². The molecule has 1 heterocycles. The zero-order valence-corrected chi connectivity index (χ0v) is 14.5. The van der Waals surface area contributed by atoms with E-state index in [0.717, 1.165) is 35.3 Å². The van der Waals surface area contributed by atoms with Crippen LogP contribution in [0.4, 0.5) is 17.1 Å². The SMILES string of the molecule is CN(C)CCCOc1ccc(N2Nc3ccc(Cl)cc3N2[O-])cc1. The molecule has 1 N–H and O–H groups in total. The summed E-state index contributed by atoms with van der Waals surface area (Å²) in [5, 5.41) is 15.1. The van der Waals surface area contributed by atoms with Crippen molar-refractivity contribution in [1.29, 1.82) is 0 Å². The van der Waals surface area contributed by atoms with Gasteiger partial charge in [-0.1, -0.05) is 11.6 Å². The zero-order valence-electron chi connectivity index (χ0n) is 13.7. The van der Waals surface area contributed by atoms with Gasteiger partial charge in [-0.25, -0.2) is 5.12 Å². The molecule has 1 aliphatic heterocycles. The first-order valence-electron chi connectivity index (χ1n) is 7.76. The number of hydrogen-bond acceptors (Lipinski definition) is 6. The normalized spacial score (nSPS) is 13.2. The molecule has 0 aliphatic carbocycles. The summed E-state index contributed by atoms with van der Waals surface area (Å²) in [6.45, 7) is 1.65. The first kappa shape index (κ1) is 16.7. The minimum atomic E-state index is 0.492. The van der Waals surface area contributed by atoms with Gasteiger partial charge in [-0.15, -0.1) is 0 Å². The van der Waals surface area contributed by atoms with Crippen LogP contribution in [0.3, 0.4) is 0 Å². The number of rotatable bonds is 6. The molecule has 0 fully saturated rings. The van der Waals surface area contributed by atoms with E-state index in [0.29, 0.717) is 17.3 Å². The second-order valence-corrected chi connectivity index (χ2v) is 6.29. The van der Waals surface area contributed by atoms with Crippen molar-refractivity contribution < 1.29 is 4.74 Å². The summed E-state index contributed by atoms with van der Waals surface area (Å²) in [4.78, 5) is 2.12. The maximum Gasteiger partial charge on any atom is 0.119 e. The highest BCUT2D eigenvalue weighted by Gasteiger charge is 2.21. The highest BCUT2D eigenvalue weighted by atomic mass is 35.5. The van der Waals surface area contributed by atoms with Crippen LogP contribution in [0.2, 0.25) is 5.02 Å². The number of ether oxygens (including phenoxy) is 1. The van der Waals surface area contributed by atoms with Gasteiger partial charge in [0.05, 0.1) is 23.7 Å². The number of nitrogens with zero attached hydrogens (tertiary/aromatic N) is 3. The second kappa shape index (κ2) is 7.17. The molecule has 6 nitrogen and oxygen atoms in total. The molecule has 0 radical (unpaired) electrons. The molecule has 0 amide bonds. The van der Waals surface area contributed by atoms with Crippen molar-refractivity contribution in [3.8, 4) is 5.75 Å². The molecule has 0 saturated heterocycles. The van der Waals surface area contributed by atoms with Crippen LogP contribution < -0.4 is 20.5 Å². The zero-order chi connectivity index (χ0) is 17.1. The molecule has 2 aromatic rings. The molecule has 3 rings (SSSR count). The van der Waals surface area contributed by atoms with Crippen molar-refractivity contribution in [1.82, 2.24) is 4.90 Å². The van der Waals surface area contributed by atoms with Gasteiger partial charge >= 0.3 is 0 Å². The lowest BCUT2D eigenvalue weighted by atomic mass is 10.3. The molecule has 0 atom stereocenters. The third kappa shape index (κ3) is 3.67. The summed E-state index contributed by atoms with van der Waals surface area (Å²) in [7, 11) is 4.08. The van der Waals surface area contributed by atoms with Crippen LogP contribution in [0.1, 0.15) is 6.42 Å². The highest BCUT2D eigenvalue weighted by molar-refractivity contribution is 6.31. The molecular formula is C17H20ClN4O2-. The number of fused-ring (bicyclic) bond motifs is 1. The van der Waals surface area contributed by atoms with Crippen LogP contribution in [0.25, 0.3) is 0 Å². The lowest BCUT2D eigenvalue weighted by Crippen LogP contribution is -2.37. The predicted octanol–water partition coefficient (Wildman–Crippen LogP) is 3.74. The molecule has 0 aromatic heterocycles. The number of anilines is 3. The Bertz CT molecular complexity index is 693. The number of hydrazine groups is 2. The van der Waals surface area contributed by atoms with Gasteiger partial charge in [-0.3, -0.25) is 5.43 Å². The first-order chi connectivity index (χ1) is 11.5. The van der Waals surface area contributed by atoms with Gasteiger partial charge < -0.3 is 20.0 Å². The van der Waals surface area contributed by atoms with Gasteiger partial charge in [0, 0.05) is 11.6 Å². The number of hydrogen-bond donors (Lipinski definition) is 1. The minimum Gasteiger partial charge on any atom is -0.737 e. The highest BCUT2D eigenvalue weighted by Crippen LogP contribution is 2.37. The molecule has 0 bridgehead atoms. The largest absolute Gasteiger partial charge is 0.737 e. The van der Waals surface area contributed by atoms with E-state index in [-0.39, 0.29) is 0 Å². The standard InChI is InChI=1S/C17H20ClN4O2/c1-20(2)10-3-11-24-15-7-5-14(6-8-15)21-19-16-9-4-13(18)12-17(16)22(21)23/h4-9,12,19H,3,10-11H2,1-2H3/q-1. The van der Waals surface area contributed by atoms with E-state index in [4.69, 9.17) is 16.3 Å². The fraction of sp³-hybridized carbons (Fsp3) is 0.294. The van der Waals surface area contributed by atoms with Crippen molar-refractivity contribution in [2.45, 2.75) is 6.42 Å². The molecule has 0 spiro atoms. The van der Waals surface area contributed by atoms with Crippen molar-refractivity contribution in [2.75, 3.05) is 43.0 Å². The molecule has 128 valence electrons. The monoisotopic (exact) mass is 347 g/mol. The maximum atomic E-state index is 12.4. The number of benzene rings is 2. The Morgan fingerprint density at radius 3 is 2.62 bits per heavy atom. The number of nitrogens with one attached hydrogen (secondary N) is 1. The summed E-state index contributed by atoms with van der Waals surface area (Å²) in [6, 6.07) is 12.6. The van der Waals surface area contributed by atoms with Gasteiger partial charge in [0.2, 0.25) is 0 Å².